The first kappa shape index (κ1) is 5.45. The zero-order chi connectivity index (χ0) is 6.27. The smallest absolute Gasteiger partial charge is 0.133 e. The molecule has 2 aliphatic carbocycles. The van der Waals surface area contributed by atoms with Gasteiger partial charge in [0.05, 0.1) is 0 Å². The molecule has 2 saturated carbocycles. The summed E-state index contributed by atoms with van der Waals surface area (Å²) in [6, 6.07) is 0. The number of fused-ring (bicyclic) bond motifs is 1. The minimum absolute atomic E-state index is 0.487. The lowest BCUT2D eigenvalue weighted by Gasteiger charge is -2.02. The molecule has 49 valence electrons. The zero-order valence-corrected chi connectivity index (χ0v) is 5.47. The second-order valence-electron chi connectivity index (χ2n) is 3.18. The third-order valence-electron chi connectivity index (χ3n) is 2.57. The molecule has 0 aromatic rings. The molecule has 0 amide bonds. The van der Waals surface area contributed by atoms with Crippen molar-refractivity contribution in [1.82, 2.24) is 0 Å². The summed E-state index contributed by atoms with van der Waals surface area (Å²) in [5.41, 5.74) is 0. The van der Waals surface area contributed by atoms with Gasteiger partial charge >= 0.3 is 0 Å². The Labute approximate surface area is 55.4 Å². The molecule has 0 aliphatic heterocycles. The Balaban J connectivity index is 2.09. The second-order valence-corrected chi connectivity index (χ2v) is 3.18. The minimum Gasteiger partial charge on any atom is -0.300 e. The highest BCUT2D eigenvalue weighted by Crippen LogP contribution is 2.41. The molecule has 0 aromatic carbocycles. The molecular weight excluding hydrogens is 112 g/mol. The average Bonchev–Trinajstić information content (AvgIpc) is 2.22. The van der Waals surface area contributed by atoms with Crippen molar-refractivity contribution in [3.05, 3.63) is 6.42 Å². The van der Waals surface area contributed by atoms with Crippen LogP contribution in [0.15, 0.2) is 0 Å². The van der Waals surface area contributed by atoms with Crippen molar-refractivity contribution in [3.63, 3.8) is 0 Å². The number of rotatable bonds is 0. The quantitative estimate of drug-likeness (QED) is 0.478. The molecule has 0 aromatic heterocycles. The summed E-state index contributed by atoms with van der Waals surface area (Å²) in [6.07, 6.45) is 6.58. The summed E-state index contributed by atoms with van der Waals surface area (Å²) in [5, 5.41) is 0. The van der Waals surface area contributed by atoms with Gasteiger partial charge in [0.1, 0.15) is 5.78 Å². The third-order valence-corrected chi connectivity index (χ3v) is 2.57. The first-order chi connectivity index (χ1) is 4.36. The Morgan fingerprint density at radius 2 is 2.33 bits per heavy atom. The molecule has 2 unspecified atom stereocenters. The summed E-state index contributed by atoms with van der Waals surface area (Å²) < 4.78 is 0. The summed E-state index contributed by atoms with van der Waals surface area (Å²) in [4.78, 5) is 10.8. The maximum atomic E-state index is 10.8. The summed E-state index contributed by atoms with van der Waals surface area (Å²) in [5.74, 6) is 1.91. The van der Waals surface area contributed by atoms with Crippen LogP contribution in [0.2, 0.25) is 0 Å². The van der Waals surface area contributed by atoms with Gasteiger partial charge in [-0.05, 0) is 31.1 Å². The largest absolute Gasteiger partial charge is 0.300 e. The van der Waals surface area contributed by atoms with Crippen molar-refractivity contribution in [2.75, 3.05) is 0 Å². The third kappa shape index (κ3) is 0.790. The molecule has 0 bridgehead atoms. The van der Waals surface area contributed by atoms with Crippen molar-refractivity contribution in [1.29, 1.82) is 0 Å². The number of carbonyl (C=O) groups is 1. The van der Waals surface area contributed by atoms with Crippen LogP contribution in [0, 0.1) is 18.3 Å². The fourth-order valence-electron chi connectivity index (χ4n) is 2.07. The van der Waals surface area contributed by atoms with E-state index in [1.165, 1.54) is 12.8 Å². The van der Waals surface area contributed by atoms with Crippen molar-refractivity contribution in [2.24, 2.45) is 11.8 Å². The highest BCUT2D eigenvalue weighted by Gasteiger charge is 2.35. The normalized spacial score (nSPS) is 41.6. The van der Waals surface area contributed by atoms with Crippen LogP contribution in [-0.4, -0.2) is 5.78 Å². The van der Waals surface area contributed by atoms with E-state index < -0.39 is 0 Å². The van der Waals surface area contributed by atoms with Gasteiger partial charge < -0.3 is 0 Å². The van der Waals surface area contributed by atoms with E-state index >= 15 is 0 Å². The molecule has 2 rings (SSSR count). The van der Waals surface area contributed by atoms with Crippen LogP contribution >= 0.6 is 0 Å². The monoisotopic (exact) mass is 123 g/mol. The van der Waals surface area contributed by atoms with Gasteiger partial charge in [0.25, 0.3) is 0 Å². The Bertz CT molecular complexity index is 126. The van der Waals surface area contributed by atoms with E-state index in [1.54, 1.807) is 0 Å². The topological polar surface area (TPSA) is 17.1 Å². The molecule has 0 N–H and O–H groups in total. The molecule has 0 heterocycles. The van der Waals surface area contributed by atoms with Crippen LogP contribution in [0.25, 0.3) is 0 Å². The van der Waals surface area contributed by atoms with Crippen molar-refractivity contribution in [2.45, 2.75) is 25.7 Å². The van der Waals surface area contributed by atoms with Gasteiger partial charge in [0, 0.05) is 12.8 Å². The molecule has 2 aliphatic rings. The molecule has 0 saturated heterocycles. The van der Waals surface area contributed by atoms with Gasteiger partial charge in [-0.3, -0.25) is 4.79 Å². The maximum absolute atomic E-state index is 10.8. The van der Waals surface area contributed by atoms with Gasteiger partial charge in [0.2, 0.25) is 0 Å². The molecule has 9 heavy (non-hydrogen) atoms. The van der Waals surface area contributed by atoms with Gasteiger partial charge in [-0.1, -0.05) is 0 Å². The lowest BCUT2D eigenvalue weighted by atomic mass is 10.0. The Hall–Kier alpha value is -0.330. The van der Waals surface area contributed by atoms with E-state index in [4.69, 9.17) is 0 Å². The Morgan fingerprint density at radius 3 is 3.11 bits per heavy atom. The number of hydrogen-bond donors (Lipinski definition) is 0. The van der Waals surface area contributed by atoms with E-state index in [0.29, 0.717) is 11.7 Å². The van der Waals surface area contributed by atoms with Crippen LogP contribution in [0.4, 0.5) is 0 Å². The van der Waals surface area contributed by atoms with Crippen molar-refractivity contribution >= 4 is 5.78 Å². The molecule has 2 atom stereocenters. The SMILES string of the molecule is O=C1CC2[CH]CCC2C1. The highest BCUT2D eigenvalue weighted by molar-refractivity contribution is 5.81. The van der Waals surface area contributed by atoms with Crippen LogP contribution in [0.3, 0.4) is 0 Å². The van der Waals surface area contributed by atoms with Crippen LogP contribution < -0.4 is 0 Å². The first-order valence-electron chi connectivity index (χ1n) is 3.71. The number of carbonyl (C=O) groups excluding carboxylic acids is 1. The predicted molar refractivity (Wildman–Crippen MR) is 34.8 cm³/mol. The van der Waals surface area contributed by atoms with Crippen molar-refractivity contribution < 1.29 is 4.79 Å². The fourth-order valence-corrected chi connectivity index (χ4v) is 2.07. The summed E-state index contributed by atoms with van der Waals surface area (Å²) in [6.45, 7) is 0. The average molecular weight is 123 g/mol. The van der Waals surface area contributed by atoms with E-state index in [0.717, 1.165) is 18.8 Å². The van der Waals surface area contributed by atoms with Gasteiger partial charge in [-0.15, -0.1) is 0 Å². The second kappa shape index (κ2) is 1.83. The van der Waals surface area contributed by atoms with Gasteiger partial charge in [-0.25, -0.2) is 0 Å². The maximum Gasteiger partial charge on any atom is 0.133 e. The molecule has 1 nitrogen and oxygen atoms in total. The van der Waals surface area contributed by atoms with E-state index in [-0.39, 0.29) is 0 Å². The lowest BCUT2D eigenvalue weighted by Crippen LogP contribution is -1.96. The van der Waals surface area contributed by atoms with Gasteiger partial charge in [-0.2, -0.15) is 0 Å². The molecular formula is C8H11O. The summed E-state index contributed by atoms with van der Waals surface area (Å²) in [7, 11) is 0. The van der Waals surface area contributed by atoms with Crippen molar-refractivity contribution in [3.8, 4) is 0 Å². The molecule has 0 spiro atoms. The van der Waals surface area contributed by atoms with Crippen LogP contribution in [0.5, 0.6) is 0 Å². The first-order valence-corrected chi connectivity index (χ1v) is 3.71. The van der Waals surface area contributed by atoms with E-state index in [2.05, 4.69) is 6.42 Å². The molecule has 1 heteroatoms. The Kier molecular flexibility index (Phi) is 1.11. The van der Waals surface area contributed by atoms with Gasteiger partial charge in [0.15, 0.2) is 0 Å². The molecule has 1 radical (unpaired) electrons. The van der Waals surface area contributed by atoms with Crippen LogP contribution in [-0.2, 0) is 4.79 Å². The summed E-state index contributed by atoms with van der Waals surface area (Å²) >= 11 is 0. The molecule has 2 fully saturated rings. The minimum atomic E-state index is 0.487. The number of hydrogen-bond acceptors (Lipinski definition) is 1. The predicted octanol–water partition coefficient (Wildman–Crippen LogP) is 1.58. The lowest BCUT2D eigenvalue weighted by molar-refractivity contribution is -0.117. The van der Waals surface area contributed by atoms with Crippen LogP contribution in [0.1, 0.15) is 25.7 Å². The number of ketones is 1. The highest BCUT2D eigenvalue weighted by atomic mass is 16.1. The fraction of sp³-hybridized carbons (Fsp3) is 0.750. The zero-order valence-electron chi connectivity index (χ0n) is 5.47. The van der Waals surface area contributed by atoms with E-state index in [9.17, 15) is 4.79 Å². The Morgan fingerprint density at radius 1 is 1.44 bits per heavy atom. The standard InChI is InChI=1S/C8H11O/c9-8-4-6-2-1-3-7(6)5-8/h2,6-7H,1,3-5H2. The number of Topliss-reactive ketones (excluding diaryl/α,β-unsaturated/α-hetero) is 1. The van der Waals surface area contributed by atoms with E-state index in [1.807, 2.05) is 0 Å².